The SMILES string of the molecule is CSN[C@H](C)CO. The van der Waals surface area contributed by atoms with Gasteiger partial charge in [-0.25, -0.2) is 0 Å². The van der Waals surface area contributed by atoms with Crippen molar-refractivity contribution in [3.8, 4) is 0 Å². The third-order valence-corrected chi connectivity index (χ3v) is 1.23. The average molecular weight is 121 g/mol. The van der Waals surface area contributed by atoms with Crippen molar-refractivity contribution in [3.63, 3.8) is 0 Å². The Morgan fingerprint density at radius 2 is 2.43 bits per heavy atom. The summed E-state index contributed by atoms with van der Waals surface area (Å²) in [4.78, 5) is 0. The molecule has 0 spiro atoms. The molecular weight excluding hydrogens is 110 g/mol. The van der Waals surface area contributed by atoms with Gasteiger partial charge >= 0.3 is 0 Å². The predicted molar refractivity (Wildman–Crippen MR) is 33.2 cm³/mol. The van der Waals surface area contributed by atoms with Crippen LogP contribution in [-0.2, 0) is 0 Å². The zero-order valence-corrected chi connectivity index (χ0v) is 5.46. The molecule has 0 aliphatic carbocycles. The van der Waals surface area contributed by atoms with Crippen molar-refractivity contribution in [2.75, 3.05) is 12.9 Å². The molecule has 0 radical (unpaired) electrons. The van der Waals surface area contributed by atoms with Crippen molar-refractivity contribution in [2.45, 2.75) is 13.0 Å². The Kier molecular flexibility index (Phi) is 4.60. The molecule has 44 valence electrons. The van der Waals surface area contributed by atoms with Crippen LogP contribution in [0.5, 0.6) is 0 Å². The molecule has 0 heterocycles. The van der Waals surface area contributed by atoms with Gasteiger partial charge in [-0.05, 0) is 13.2 Å². The maximum Gasteiger partial charge on any atom is 0.0590 e. The summed E-state index contributed by atoms with van der Waals surface area (Å²) in [5, 5.41) is 8.39. The Balaban J connectivity index is 2.83. The lowest BCUT2D eigenvalue weighted by Crippen LogP contribution is -2.22. The van der Waals surface area contributed by atoms with Crippen LogP contribution in [0, 0.1) is 0 Å². The summed E-state index contributed by atoms with van der Waals surface area (Å²) >= 11 is 1.52. The minimum Gasteiger partial charge on any atom is -0.395 e. The van der Waals surface area contributed by atoms with Crippen LogP contribution in [0.25, 0.3) is 0 Å². The molecule has 0 aromatic heterocycles. The van der Waals surface area contributed by atoms with Gasteiger partial charge in [0.25, 0.3) is 0 Å². The molecular formula is C4H11NOS. The molecule has 1 atom stereocenters. The Morgan fingerprint density at radius 3 is 2.57 bits per heavy atom. The van der Waals surface area contributed by atoms with Crippen LogP contribution >= 0.6 is 11.9 Å². The topological polar surface area (TPSA) is 32.3 Å². The van der Waals surface area contributed by atoms with E-state index in [1.807, 2.05) is 13.2 Å². The molecule has 0 aliphatic heterocycles. The molecule has 0 aromatic carbocycles. The van der Waals surface area contributed by atoms with Gasteiger partial charge in [0.05, 0.1) is 6.61 Å². The Bertz CT molecular complexity index is 42.7. The van der Waals surface area contributed by atoms with Gasteiger partial charge in [0.15, 0.2) is 0 Å². The fraction of sp³-hybridized carbons (Fsp3) is 1.00. The molecule has 2 N–H and O–H groups in total. The maximum absolute atomic E-state index is 8.39. The molecule has 0 aliphatic rings. The summed E-state index contributed by atoms with van der Waals surface area (Å²) in [7, 11) is 0. The number of aliphatic hydroxyl groups is 1. The summed E-state index contributed by atoms with van der Waals surface area (Å²) in [5.74, 6) is 0. The lowest BCUT2D eigenvalue weighted by Gasteiger charge is -2.04. The van der Waals surface area contributed by atoms with E-state index in [4.69, 9.17) is 5.11 Å². The molecule has 0 amide bonds. The molecule has 0 aromatic rings. The molecule has 0 saturated carbocycles. The van der Waals surface area contributed by atoms with Crippen molar-refractivity contribution in [1.29, 1.82) is 0 Å². The van der Waals surface area contributed by atoms with Gasteiger partial charge < -0.3 is 5.11 Å². The van der Waals surface area contributed by atoms with Crippen LogP contribution < -0.4 is 4.72 Å². The van der Waals surface area contributed by atoms with E-state index < -0.39 is 0 Å². The zero-order chi connectivity index (χ0) is 5.70. The van der Waals surface area contributed by atoms with Crippen LogP contribution in [0.3, 0.4) is 0 Å². The van der Waals surface area contributed by atoms with Gasteiger partial charge in [-0.3, -0.25) is 4.72 Å². The Labute approximate surface area is 48.4 Å². The third-order valence-electron chi connectivity index (χ3n) is 0.593. The summed E-state index contributed by atoms with van der Waals surface area (Å²) in [6.07, 6.45) is 1.94. The molecule has 0 unspecified atom stereocenters. The number of hydrogen-bond acceptors (Lipinski definition) is 3. The van der Waals surface area contributed by atoms with Crippen molar-refractivity contribution >= 4 is 11.9 Å². The standard InChI is InChI=1S/C4H11NOS/c1-4(3-6)5-7-2/h4-6H,3H2,1-2H3/t4-/m1/s1. The van der Waals surface area contributed by atoms with E-state index >= 15 is 0 Å². The smallest absolute Gasteiger partial charge is 0.0590 e. The maximum atomic E-state index is 8.39. The van der Waals surface area contributed by atoms with Gasteiger partial charge in [0, 0.05) is 6.04 Å². The average Bonchev–Trinajstić information content (AvgIpc) is 1.68. The molecule has 2 nitrogen and oxygen atoms in total. The molecule has 3 heteroatoms. The highest BCUT2D eigenvalue weighted by Gasteiger charge is 1.92. The lowest BCUT2D eigenvalue weighted by molar-refractivity contribution is 0.267. The van der Waals surface area contributed by atoms with E-state index in [9.17, 15) is 0 Å². The number of nitrogens with one attached hydrogen (secondary N) is 1. The highest BCUT2D eigenvalue weighted by molar-refractivity contribution is 7.96. The van der Waals surface area contributed by atoms with Crippen molar-refractivity contribution in [2.24, 2.45) is 0 Å². The summed E-state index contributed by atoms with van der Waals surface area (Å²) in [6, 6.07) is 0.218. The van der Waals surface area contributed by atoms with Crippen LogP contribution in [0.1, 0.15) is 6.92 Å². The molecule has 0 rings (SSSR count). The first-order valence-corrected chi connectivity index (χ1v) is 3.43. The fourth-order valence-electron chi connectivity index (χ4n) is 0.238. The van der Waals surface area contributed by atoms with E-state index in [1.165, 1.54) is 11.9 Å². The van der Waals surface area contributed by atoms with Crippen molar-refractivity contribution in [3.05, 3.63) is 0 Å². The van der Waals surface area contributed by atoms with E-state index in [0.717, 1.165) is 0 Å². The monoisotopic (exact) mass is 121 g/mol. The second-order valence-corrected chi connectivity index (χ2v) is 2.05. The number of aliphatic hydroxyl groups excluding tert-OH is 1. The van der Waals surface area contributed by atoms with E-state index in [2.05, 4.69) is 4.72 Å². The first-order chi connectivity index (χ1) is 3.31. The zero-order valence-electron chi connectivity index (χ0n) is 4.64. The summed E-state index contributed by atoms with van der Waals surface area (Å²) in [5.41, 5.74) is 0. The second-order valence-electron chi connectivity index (χ2n) is 1.41. The van der Waals surface area contributed by atoms with Crippen molar-refractivity contribution < 1.29 is 5.11 Å². The first-order valence-electron chi connectivity index (χ1n) is 2.20. The van der Waals surface area contributed by atoms with Gasteiger partial charge in [-0.15, -0.1) is 0 Å². The second kappa shape index (κ2) is 4.43. The predicted octanol–water partition coefficient (Wildman–Crippen LogP) is 0.235. The molecule has 0 saturated heterocycles. The van der Waals surface area contributed by atoms with E-state index in [0.29, 0.717) is 0 Å². The summed E-state index contributed by atoms with van der Waals surface area (Å²) < 4.78 is 2.96. The van der Waals surface area contributed by atoms with Crippen LogP contribution in [0.2, 0.25) is 0 Å². The van der Waals surface area contributed by atoms with Gasteiger partial charge in [0.1, 0.15) is 0 Å². The van der Waals surface area contributed by atoms with Crippen LogP contribution in [-0.4, -0.2) is 24.0 Å². The fourth-order valence-corrected chi connectivity index (χ4v) is 0.715. The number of hydrogen-bond donors (Lipinski definition) is 2. The molecule has 0 bridgehead atoms. The first kappa shape index (κ1) is 7.27. The van der Waals surface area contributed by atoms with Crippen LogP contribution in [0.15, 0.2) is 0 Å². The lowest BCUT2D eigenvalue weighted by atomic mass is 10.4. The van der Waals surface area contributed by atoms with Crippen LogP contribution in [0.4, 0.5) is 0 Å². The van der Waals surface area contributed by atoms with Gasteiger partial charge in [-0.1, -0.05) is 11.9 Å². The Morgan fingerprint density at radius 1 is 1.86 bits per heavy atom. The minimum absolute atomic E-state index is 0.209. The number of rotatable bonds is 3. The highest BCUT2D eigenvalue weighted by atomic mass is 32.2. The molecule has 7 heavy (non-hydrogen) atoms. The molecule has 0 fully saturated rings. The third kappa shape index (κ3) is 4.12. The quantitative estimate of drug-likeness (QED) is 0.524. The van der Waals surface area contributed by atoms with Gasteiger partial charge in [-0.2, -0.15) is 0 Å². The van der Waals surface area contributed by atoms with Crippen molar-refractivity contribution in [1.82, 2.24) is 4.72 Å². The summed E-state index contributed by atoms with van der Waals surface area (Å²) in [6.45, 7) is 2.14. The minimum atomic E-state index is 0.209. The van der Waals surface area contributed by atoms with Gasteiger partial charge in [0.2, 0.25) is 0 Å². The normalized spacial score (nSPS) is 14.1. The van der Waals surface area contributed by atoms with E-state index in [-0.39, 0.29) is 12.6 Å². The van der Waals surface area contributed by atoms with E-state index in [1.54, 1.807) is 0 Å². The largest absolute Gasteiger partial charge is 0.395 e. The Hall–Kier alpha value is 0.270. The highest BCUT2D eigenvalue weighted by Crippen LogP contribution is 1.86.